The third-order valence-corrected chi connectivity index (χ3v) is 4.47. The lowest BCUT2D eigenvalue weighted by molar-refractivity contribution is 0.115. The normalized spacial score (nSPS) is 13.9. The predicted molar refractivity (Wildman–Crippen MR) is 121 cm³/mol. The standard InChI is InChI=1S/C19H26ClN5O2.HI/c1-3-21-19(25(2)9-10-26-13-14-7-8-14)22-12-17-23-18(24-27-17)15-5-4-6-16(20)11-15;/h4-6,11,14H,3,7-10,12-13H2,1-2H3,(H,21,22);1H. The summed E-state index contributed by atoms with van der Waals surface area (Å²) in [5, 5.41) is 7.92. The number of nitrogens with zero attached hydrogens (tertiary/aromatic N) is 4. The second-order valence-corrected chi connectivity index (χ2v) is 7.07. The minimum atomic E-state index is 0. The number of guanidine groups is 1. The summed E-state index contributed by atoms with van der Waals surface area (Å²) < 4.78 is 11.0. The fourth-order valence-corrected chi connectivity index (χ4v) is 2.71. The maximum absolute atomic E-state index is 6.01. The summed E-state index contributed by atoms with van der Waals surface area (Å²) in [4.78, 5) is 11.0. The second kappa shape index (κ2) is 11.6. The maximum atomic E-state index is 6.01. The van der Waals surface area contributed by atoms with E-state index in [1.54, 1.807) is 6.07 Å². The average molecular weight is 520 g/mol. The lowest BCUT2D eigenvalue weighted by atomic mass is 10.2. The molecule has 1 aromatic heterocycles. The Bertz CT molecular complexity index is 766. The van der Waals surface area contributed by atoms with Crippen LogP contribution in [0.2, 0.25) is 5.02 Å². The highest BCUT2D eigenvalue weighted by Gasteiger charge is 2.21. The Morgan fingerprint density at radius 1 is 1.43 bits per heavy atom. The number of aliphatic imine (C=N–C) groups is 1. The zero-order valence-corrected chi connectivity index (χ0v) is 19.3. The quantitative estimate of drug-likeness (QED) is 0.235. The lowest BCUT2D eigenvalue weighted by Crippen LogP contribution is -2.40. The number of ether oxygens (including phenoxy) is 1. The molecule has 7 nitrogen and oxygen atoms in total. The van der Waals surface area contributed by atoms with E-state index in [0.29, 0.717) is 29.9 Å². The molecule has 1 aromatic carbocycles. The first-order valence-electron chi connectivity index (χ1n) is 9.31. The highest BCUT2D eigenvalue weighted by molar-refractivity contribution is 14.0. The molecular formula is C19H27ClIN5O2. The van der Waals surface area contributed by atoms with E-state index in [1.165, 1.54) is 12.8 Å². The number of rotatable bonds is 9. The molecular weight excluding hydrogens is 493 g/mol. The van der Waals surface area contributed by atoms with Gasteiger partial charge in [0.2, 0.25) is 11.7 Å². The van der Waals surface area contributed by atoms with Gasteiger partial charge in [0, 0.05) is 37.3 Å². The number of hydrogen-bond donors (Lipinski definition) is 1. The average Bonchev–Trinajstić information content (AvgIpc) is 3.37. The number of hydrogen-bond acceptors (Lipinski definition) is 5. The fraction of sp³-hybridized carbons (Fsp3) is 0.526. The molecule has 0 spiro atoms. The van der Waals surface area contributed by atoms with Gasteiger partial charge in [-0.05, 0) is 37.8 Å². The van der Waals surface area contributed by atoms with Crippen LogP contribution in [0, 0.1) is 5.92 Å². The first-order chi connectivity index (χ1) is 13.2. The van der Waals surface area contributed by atoms with Crippen LogP contribution in [-0.2, 0) is 11.3 Å². The molecule has 0 amide bonds. The first-order valence-corrected chi connectivity index (χ1v) is 9.69. The molecule has 154 valence electrons. The van der Waals surface area contributed by atoms with E-state index in [2.05, 4.69) is 20.4 Å². The van der Waals surface area contributed by atoms with Crippen LogP contribution in [0.15, 0.2) is 33.8 Å². The Morgan fingerprint density at radius 2 is 2.25 bits per heavy atom. The third-order valence-electron chi connectivity index (χ3n) is 4.23. The van der Waals surface area contributed by atoms with Gasteiger partial charge in [0.05, 0.1) is 6.61 Å². The molecule has 1 N–H and O–H groups in total. The van der Waals surface area contributed by atoms with Crippen molar-refractivity contribution < 1.29 is 9.26 Å². The van der Waals surface area contributed by atoms with Crippen molar-refractivity contribution in [3.05, 3.63) is 35.2 Å². The van der Waals surface area contributed by atoms with Crippen molar-refractivity contribution in [2.24, 2.45) is 10.9 Å². The molecule has 0 saturated heterocycles. The van der Waals surface area contributed by atoms with Crippen LogP contribution in [0.3, 0.4) is 0 Å². The highest BCUT2D eigenvalue weighted by atomic mass is 127. The number of nitrogens with one attached hydrogen (secondary N) is 1. The van der Waals surface area contributed by atoms with Crippen molar-refractivity contribution in [1.82, 2.24) is 20.4 Å². The number of aromatic nitrogens is 2. The minimum Gasteiger partial charge on any atom is -0.379 e. The molecule has 28 heavy (non-hydrogen) atoms. The molecule has 0 bridgehead atoms. The van der Waals surface area contributed by atoms with E-state index in [0.717, 1.165) is 37.1 Å². The SMILES string of the molecule is CCNC(=NCc1nc(-c2cccc(Cl)c2)no1)N(C)CCOCC1CC1.I. The summed E-state index contributed by atoms with van der Waals surface area (Å²) in [6.07, 6.45) is 2.61. The van der Waals surface area contributed by atoms with Gasteiger partial charge in [0.15, 0.2) is 5.96 Å². The van der Waals surface area contributed by atoms with Crippen molar-refractivity contribution in [1.29, 1.82) is 0 Å². The molecule has 1 aliphatic carbocycles. The van der Waals surface area contributed by atoms with Gasteiger partial charge in [-0.25, -0.2) is 4.99 Å². The monoisotopic (exact) mass is 519 g/mol. The molecule has 0 aliphatic heterocycles. The van der Waals surface area contributed by atoms with E-state index in [-0.39, 0.29) is 24.0 Å². The predicted octanol–water partition coefficient (Wildman–Crippen LogP) is 3.83. The Kier molecular flexibility index (Phi) is 9.46. The molecule has 3 rings (SSSR count). The first kappa shape index (κ1) is 22.9. The van der Waals surface area contributed by atoms with E-state index in [9.17, 15) is 0 Å². The smallest absolute Gasteiger partial charge is 0.248 e. The van der Waals surface area contributed by atoms with Crippen LogP contribution in [0.5, 0.6) is 0 Å². The Hall–Kier alpha value is -1.39. The van der Waals surface area contributed by atoms with Gasteiger partial charge in [-0.15, -0.1) is 24.0 Å². The number of benzene rings is 1. The fourth-order valence-electron chi connectivity index (χ4n) is 2.52. The number of likely N-dealkylation sites (N-methyl/N-ethyl adjacent to an activating group) is 1. The molecule has 1 saturated carbocycles. The van der Waals surface area contributed by atoms with Crippen molar-refractivity contribution in [2.75, 3.05) is 33.4 Å². The summed E-state index contributed by atoms with van der Waals surface area (Å²) in [7, 11) is 1.99. The van der Waals surface area contributed by atoms with Gasteiger partial charge >= 0.3 is 0 Å². The molecule has 0 radical (unpaired) electrons. The van der Waals surface area contributed by atoms with E-state index < -0.39 is 0 Å². The maximum Gasteiger partial charge on any atom is 0.248 e. The Balaban J connectivity index is 0.00000280. The molecule has 1 aliphatic rings. The summed E-state index contributed by atoms with van der Waals surface area (Å²) in [5.74, 6) is 2.53. The van der Waals surface area contributed by atoms with Gasteiger partial charge in [-0.3, -0.25) is 0 Å². The van der Waals surface area contributed by atoms with Crippen LogP contribution < -0.4 is 5.32 Å². The molecule has 9 heteroatoms. The molecule has 2 aromatic rings. The number of halogens is 2. The van der Waals surface area contributed by atoms with Crippen molar-refractivity contribution in [3.8, 4) is 11.4 Å². The van der Waals surface area contributed by atoms with Crippen molar-refractivity contribution in [3.63, 3.8) is 0 Å². The minimum absolute atomic E-state index is 0. The van der Waals surface area contributed by atoms with Crippen LogP contribution in [0.1, 0.15) is 25.7 Å². The van der Waals surface area contributed by atoms with Crippen LogP contribution in [-0.4, -0.2) is 54.4 Å². The van der Waals surface area contributed by atoms with Crippen LogP contribution in [0.25, 0.3) is 11.4 Å². The summed E-state index contributed by atoms with van der Waals surface area (Å²) in [6.45, 7) is 5.46. The van der Waals surface area contributed by atoms with Gasteiger partial charge in [0.25, 0.3) is 0 Å². The third kappa shape index (κ3) is 7.21. The molecule has 1 fully saturated rings. The largest absolute Gasteiger partial charge is 0.379 e. The second-order valence-electron chi connectivity index (χ2n) is 6.63. The molecule has 0 unspecified atom stereocenters. The van der Waals surface area contributed by atoms with Gasteiger partial charge < -0.3 is 19.5 Å². The summed E-state index contributed by atoms with van der Waals surface area (Å²) in [6, 6.07) is 7.36. The topological polar surface area (TPSA) is 75.8 Å². The zero-order valence-electron chi connectivity index (χ0n) is 16.2. The highest BCUT2D eigenvalue weighted by Crippen LogP contribution is 2.28. The van der Waals surface area contributed by atoms with Gasteiger partial charge in [0.1, 0.15) is 6.54 Å². The van der Waals surface area contributed by atoms with Crippen LogP contribution in [0.4, 0.5) is 0 Å². The summed E-state index contributed by atoms with van der Waals surface area (Å²) in [5.41, 5.74) is 0.818. The van der Waals surface area contributed by atoms with E-state index >= 15 is 0 Å². The van der Waals surface area contributed by atoms with Gasteiger partial charge in [-0.2, -0.15) is 4.98 Å². The summed E-state index contributed by atoms with van der Waals surface area (Å²) >= 11 is 6.01. The lowest BCUT2D eigenvalue weighted by Gasteiger charge is -2.21. The van der Waals surface area contributed by atoms with Crippen LogP contribution >= 0.6 is 35.6 Å². The van der Waals surface area contributed by atoms with Gasteiger partial charge in [-0.1, -0.05) is 28.9 Å². The molecule has 1 heterocycles. The Morgan fingerprint density at radius 3 is 2.96 bits per heavy atom. The van der Waals surface area contributed by atoms with E-state index in [1.807, 2.05) is 37.1 Å². The van der Waals surface area contributed by atoms with Crippen molar-refractivity contribution >= 4 is 41.5 Å². The zero-order chi connectivity index (χ0) is 19.1. The molecule has 0 atom stereocenters. The van der Waals surface area contributed by atoms with Crippen molar-refractivity contribution in [2.45, 2.75) is 26.3 Å². The van der Waals surface area contributed by atoms with E-state index in [4.69, 9.17) is 20.9 Å². The Labute approximate surface area is 187 Å².